The van der Waals surface area contributed by atoms with E-state index in [0.717, 1.165) is 20.9 Å². The fourth-order valence-electron chi connectivity index (χ4n) is 3.87. The highest BCUT2D eigenvalue weighted by molar-refractivity contribution is 7.22. The van der Waals surface area contributed by atoms with Crippen LogP contribution in [0.5, 0.6) is 11.5 Å². The number of hydrogen-bond donors (Lipinski definition) is 2. The van der Waals surface area contributed by atoms with Crippen LogP contribution in [0, 0.1) is 6.92 Å². The van der Waals surface area contributed by atoms with Crippen molar-refractivity contribution >= 4 is 44.5 Å². The number of anilines is 1. The quantitative estimate of drug-likeness (QED) is 0.381. The Bertz CT molecular complexity index is 1440. The Balaban J connectivity index is 1.27. The lowest BCUT2D eigenvalue weighted by atomic mass is 9.91. The normalized spacial score (nSPS) is 17.5. The SMILES string of the molecule is Cc1ccc(C2(C)NC(=O)N(CC(=O)Nc3nc4ccc(Oc5ccccc5)cc4s3)C2=O)cc1. The number of nitrogens with zero attached hydrogens (tertiary/aromatic N) is 2. The number of aryl methyl sites for hydroxylation is 1. The van der Waals surface area contributed by atoms with Gasteiger partial charge in [-0.25, -0.2) is 9.78 Å². The van der Waals surface area contributed by atoms with E-state index in [9.17, 15) is 14.4 Å². The van der Waals surface area contributed by atoms with E-state index >= 15 is 0 Å². The second kappa shape index (κ2) is 8.84. The maximum absolute atomic E-state index is 13.1. The highest BCUT2D eigenvalue weighted by atomic mass is 32.1. The van der Waals surface area contributed by atoms with Crippen LogP contribution in [0.2, 0.25) is 0 Å². The molecule has 2 heterocycles. The van der Waals surface area contributed by atoms with Crippen molar-refractivity contribution in [3.63, 3.8) is 0 Å². The van der Waals surface area contributed by atoms with E-state index in [1.54, 1.807) is 25.1 Å². The lowest BCUT2D eigenvalue weighted by molar-refractivity contribution is -0.133. The number of aromatic nitrogens is 1. The van der Waals surface area contributed by atoms with Gasteiger partial charge in [-0.1, -0.05) is 59.4 Å². The fraction of sp³-hybridized carbons (Fsp3) is 0.154. The smallest absolute Gasteiger partial charge is 0.325 e. The number of nitrogens with one attached hydrogen (secondary N) is 2. The van der Waals surface area contributed by atoms with Crippen LogP contribution in [0.1, 0.15) is 18.1 Å². The van der Waals surface area contributed by atoms with Gasteiger partial charge in [0.25, 0.3) is 5.91 Å². The first-order chi connectivity index (χ1) is 16.8. The zero-order valence-corrected chi connectivity index (χ0v) is 19.9. The zero-order chi connectivity index (χ0) is 24.6. The molecule has 1 unspecified atom stereocenters. The minimum atomic E-state index is -1.23. The summed E-state index contributed by atoms with van der Waals surface area (Å²) in [6, 6.07) is 21.6. The topological polar surface area (TPSA) is 101 Å². The molecule has 0 saturated carbocycles. The van der Waals surface area contributed by atoms with Crippen molar-refractivity contribution < 1.29 is 19.1 Å². The van der Waals surface area contributed by atoms with Crippen molar-refractivity contribution in [2.45, 2.75) is 19.4 Å². The van der Waals surface area contributed by atoms with Gasteiger partial charge in [-0.05, 0) is 43.7 Å². The van der Waals surface area contributed by atoms with Gasteiger partial charge in [-0.3, -0.25) is 14.5 Å². The number of benzene rings is 3. The van der Waals surface area contributed by atoms with Gasteiger partial charge in [0.15, 0.2) is 5.13 Å². The first kappa shape index (κ1) is 22.5. The van der Waals surface area contributed by atoms with Gasteiger partial charge in [0.1, 0.15) is 23.6 Å². The lowest BCUT2D eigenvalue weighted by Gasteiger charge is -2.22. The Hall–Kier alpha value is -4.24. The molecule has 0 spiro atoms. The highest BCUT2D eigenvalue weighted by Gasteiger charge is 2.49. The Kier molecular flexibility index (Phi) is 5.70. The van der Waals surface area contributed by atoms with Crippen LogP contribution in [0.25, 0.3) is 10.2 Å². The summed E-state index contributed by atoms with van der Waals surface area (Å²) in [5.41, 5.74) is 1.17. The number of urea groups is 1. The number of ether oxygens (including phenoxy) is 1. The molecular weight excluding hydrogens is 464 g/mol. The number of rotatable bonds is 6. The molecule has 2 N–H and O–H groups in total. The number of para-hydroxylation sites is 1. The van der Waals surface area contributed by atoms with E-state index in [2.05, 4.69) is 15.6 Å². The average Bonchev–Trinajstić information content (AvgIpc) is 3.33. The van der Waals surface area contributed by atoms with Gasteiger partial charge in [-0.15, -0.1) is 0 Å². The first-order valence-corrected chi connectivity index (χ1v) is 11.8. The molecule has 3 aromatic carbocycles. The molecule has 176 valence electrons. The number of carbonyl (C=O) groups is 3. The summed E-state index contributed by atoms with van der Waals surface area (Å²) in [5.74, 6) is 0.381. The largest absolute Gasteiger partial charge is 0.457 e. The van der Waals surface area contributed by atoms with E-state index in [1.807, 2.05) is 61.5 Å². The predicted molar refractivity (Wildman–Crippen MR) is 134 cm³/mol. The summed E-state index contributed by atoms with van der Waals surface area (Å²) < 4.78 is 6.68. The van der Waals surface area contributed by atoms with Crippen LogP contribution in [-0.2, 0) is 15.1 Å². The van der Waals surface area contributed by atoms with Crippen LogP contribution in [0.3, 0.4) is 0 Å². The van der Waals surface area contributed by atoms with Gasteiger partial charge >= 0.3 is 6.03 Å². The van der Waals surface area contributed by atoms with Crippen molar-refractivity contribution in [1.82, 2.24) is 15.2 Å². The fourth-order valence-corrected chi connectivity index (χ4v) is 4.78. The number of fused-ring (bicyclic) bond motifs is 1. The van der Waals surface area contributed by atoms with E-state index in [4.69, 9.17) is 4.74 Å². The number of thiazole rings is 1. The summed E-state index contributed by atoms with van der Waals surface area (Å²) >= 11 is 1.28. The van der Waals surface area contributed by atoms with Gasteiger partial charge in [0, 0.05) is 6.07 Å². The molecule has 5 rings (SSSR count). The molecular formula is C26H22N4O4S. The maximum atomic E-state index is 13.1. The Labute approximate surface area is 205 Å². The summed E-state index contributed by atoms with van der Waals surface area (Å²) in [7, 11) is 0. The molecule has 4 aromatic rings. The maximum Gasteiger partial charge on any atom is 0.325 e. The minimum absolute atomic E-state index is 0.371. The molecule has 0 aliphatic carbocycles. The second-order valence-electron chi connectivity index (χ2n) is 8.42. The van der Waals surface area contributed by atoms with Crippen molar-refractivity contribution in [1.29, 1.82) is 0 Å². The molecule has 1 atom stereocenters. The van der Waals surface area contributed by atoms with Crippen molar-refractivity contribution in [3.8, 4) is 11.5 Å². The monoisotopic (exact) mass is 486 g/mol. The molecule has 0 bridgehead atoms. The molecule has 1 saturated heterocycles. The number of hydrogen-bond acceptors (Lipinski definition) is 6. The number of carbonyl (C=O) groups excluding carboxylic acids is 3. The van der Waals surface area contributed by atoms with Crippen LogP contribution < -0.4 is 15.4 Å². The van der Waals surface area contributed by atoms with Crippen LogP contribution in [0.4, 0.5) is 9.93 Å². The molecule has 1 aliphatic heterocycles. The molecule has 8 nitrogen and oxygen atoms in total. The highest BCUT2D eigenvalue weighted by Crippen LogP contribution is 2.32. The van der Waals surface area contributed by atoms with Crippen LogP contribution >= 0.6 is 11.3 Å². The summed E-state index contributed by atoms with van der Waals surface area (Å²) in [4.78, 5) is 43.7. The first-order valence-electron chi connectivity index (χ1n) is 11.0. The zero-order valence-electron chi connectivity index (χ0n) is 19.1. The number of amides is 4. The third-order valence-corrected chi connectivity index (χ3v) is 6.72. The Morgan fingerprint density at radius 2 is 1.80 bits per heavy atom. The van der Waals surface area contributed by atoms with E-state index < -0.39 is 29.9 Å². The summed E-state index contributed by atoms with van der Waals surface area (Å²) in [6.45, 7) is 3.17. The van der Waals surface area contributed by atoms with Gasteiger partial charge in [0.05, 0.1) is 10.2 Å². The molecule has 1 fully saturated rings. The van der Waals surface area contributed by atoms with Crippen LogP contribution in [0.15, 0.2) is 72.8 Å². The van der Waals surface area contributed by atoms with Gasteiger partial charge < -0.3 is 15.4 Å². The third-order valence-electron chi connectivity index (χ3n) is 5.79. The minimum Gasteiger partial charge on any atom is -0.457 e. The van der Waals surface area contributed by atoms with Crippen molar-refractivity contribution in [2.24, 2.45) is 0 Å². The number of imide groups is 1. The van der Waals surface area contributed by atoms with Crippen LogP contribution in [-0.4, -0.2) is 34.3 Å². The standard InChI is InChI=1S/C26H22N4O4S/c1-16-8-10-17(11-9-16)26(2)23(32)30(25(33)29-26)15-22(31)28-24-27-20-13-12-19(14-21(20)35-24)34-18-6-4-3-5-7-18/h3-14H,15H2,1-2H3,(H,29,33)(H,27,28,31). The lowest BCUT2D eigenvalue weighted by Crippen LogP contribution is -2.42. The van der Waals surface area contributed by atoms with Gasteiger partial charge in [-0.2, -0.15) is 0 Å². The van der Waals surface area contributed by atoms with E-state index in [-0.39, 0.29) is 0 Å². The molecule has 0 radical (unpaired) electrons. The van der Waals surface area contributed by atoms with Crippen molar-refractivity contribution in [3.05, 3.63) is 83.9 Å². The average molecular weight is 487 g/mol. The predicted octanol–water partition coefficient (Wildman–Crippen LogP) is 4.80. The van der Waals surface area contributed by atoms with Gasteiger partial charge in [0.2, 0.25) is 5.91 Å². The second-order valence-corrected chi connectivity index (χ2v) is 9.45. The van der Waals surface area contributed by atoms with E-state index in [0.29, 0.717) is 22.0 Å². The summed E-state index contributed by atoms with van der Waals surface area (Å²) in [5, 5.41) is 5.78. The Morgan fingerprint density at radius 3 is 2.54 bits per heavy atom. The molecule has 9 heteroatoms. The third kappa shape index (κ3) is 4.45. The molecule has 4 amide bonds. The molecule has 1 aliphatic rings. The van der Waals surface area contributed by atoms with E-state index in [1.165, 1.54) is 11.3 Å². The molecule has 35 heavy (non-hydrogen) atoms. The van der Waals surface area contributed by atoms with Crippen molar-refractivity contribution in [2.75, 3.05) is 11.9 Å². The Morgan fingerprint density at radius 1 is 1.06 bits per heavy atom. The summed E-state index contributed by atoms with van der Waals surface area (Å²) in [6.07, 6.45) is 0. The molecule has 1 aromatic heterocycles.